The van der Waals surface area contributed by atoms with Gasteiger partial charge in [-0.25, -0.2) is 9.97 Å². The first-order valence-corrected chi connectivity index (χ1v) is 8.63. The molecule has 0 bridgehead atoms. The molecule has 6 heteroatoms. The zero-order valence-electron chi connectivity index (χ0n) is 14.3. The summed E-state index contributed by atoms with van der Waals surface area (Å²) in [7, 11) is 0. The van der Waals surface area contributed by atoms with E-state index >= 15 is 0 Å². The second-order valence-electron chi connectivity index (χ2n) is 6.49. The predicted octanol–water partition coefficient (Wildman–Crippen LogP) is 3.63. The normalized spacial score (nSPS) is 16.7. The monoisotopic (exact) mass is 343 g/mol. The van der Waals surface area contributed by atoms with Gasteiger partial charge in [-0.1, -0.05) is 36.4 Å². The Hall–Kier alpha value is -3.28. The van der Waals surface area contributed by atoms with Gasteiger partial charge < -0.3 is 9.32 Å². The van der Waals surface area contributed by atoms with Crippen LogP contribution in [0.3, 0.4) is 0 Å². The molecule has 0 amide bonds. The molecule has 5 rings (SSSR count). The van der Waals surface area contributed by atoms with Gasteiger partial charge in [-0.05, 0) is 23.3 Å². The van der Waals surface area contributed by atoms with Gasteiger partial charge in [-0.2, -0.15) is 0 Å². The number of rotatable bonds is 2. The summed E-state index contributed by atoms with van der Waals surface area (Å²) in [5.41, 5.74) is 3.53. The average Bonchev–Trinajstić information content (AvgIpc) is 3.13. The van der Waals surface area contributed by atoms with Crippen LogP contribution in [0, 0.1) is 6.92 Å². The van der Waals surface area contributed by atoms with Crippen molar-refractivity contribution in [3.05, 3.63) is 77.8 Å². The van der Waals surface area contributed by atoms with Gasteiger partial charge in [0.15, 0.2) is 0 Å². The van der Waals surface area contributed by atoms with Crippen LogP contribution in [0.4, 0.5) is 5.82 Å². The Balaban J connectivity index is 1.68. The molecule has 0 saturated carbocycles. The molecular weight excluding hydrogens is 326 g/mol. The maximum atomic E-state index is 5.79. The first-order valence-electron chi connectivity index (χ1n) is 8.63. The Morgan fingerprint density at radius 3 is 2.62 bits per heavy atom. The van der Waals surface area contributed by atoms with Crippen molar-refractivity contribution in [2.24, 2.45) is 0 Å². The third-order valence-corrected chi connectivity index (χ3v) is 4.87. The lowest BCUT2D eigenvalue weighted by molar-refractivity contribution is 0.403. The number of fused-ring (bicyclic) bond motifs is 2. The number of aromatic nitrogens is 4. The highest BCUT2D eigenvalue weighted by atomic mass is 16.4. The van der Waals surface area contributed by atoms with Crippen LogP contribution in [-0.4, -0.2) is 20.2 Å². The minimum Gasteiger partial charge on any atom is -0.423 e. The maximum Gasteiger partial charge on any atom is 0.239 e. The van der Waals surface area contributed by atoms with Crippen molar-refractivity contribution in [2.75, 3.05) is 4.90 Å². The van der Waals surface area contributed by atoms with Gasteiger partial charge in [0, 0.05) is 25.3 Å². The van der Waals surface area contributed by atoms with Gasteiger partial charge >= 0.3 is 0 Å². The lowest BCUT2D eigenvalue weighted by atomic mass is 9.93. The molecule has 0 N–H and O–H groups in total. The van der Waals surface area contributed by atoms with E-state index in [4.69, 9.17) is 4.42 Å². The molecule has 26 heavy (non-hydrogen) atoms. The van der Waals surface area contributed by atoms with E-state index in [0.717, 1.165) is 29.7 Å². The fourth-order valence-corrected chi connectivity index (χ4v) is 3.63. The van der Waals surface area contributed by atoms with E-state index in [1.165, 1.54) is 11.1 Å². The Morgan fingerprint density at radius 2 is 1.77 bits per heavy atom. The Labute approximate surface area is 150 Å². The molecule has 1 aliphatic heterocycles. The van der Waals surface area contributed by atoms with Gasteiger partial charge in [0.05, 0.1) is 5.52 Å². The summed E-state index contributed by atoms with van der Waals surface area (Å²) >= 11 is 0. The first-order chi connectivity index (χ1) is 12.8. The predicted molar refractivity (Wildman–Crippen MR) is 97.6 cm³/mol. The second kappa shape index (κ2) is 5.91. The number of hydrogen-bond donors (Lipinski definition) is 0. The van der Waals surface area contributed by atoms with E-state index in [9.17, 15) is 0 Å². The number of hydrogen-bond acceptors (Lipinski definition) is 6. The molecule has 4 aromatic rings. The maximum absolute atomic E-state index is 5.79. The molecule has 0 fully saturated rings. The molecule has 2 aromatic carbocycles. The zero-order chi connectivity index (χ0) is 17.5. The van der Waals surface area contributed by atoms with Crippen molar-refractivity contribution in [3.63, 3.8) is 0 Å². The molecule has 0 spiro atoms. The first kappa shape index (κ1) is 15.0. The number of nitrogens with zero attached hydrogens (tertiary/aromatic N) is 5. The molecule has 6 nitrogen and oxygen atoms in total. The second-order valence-corrected chi connectivity index (χ2v) is 6.49. The van der Waals surface area contributed by atoms with Crippen LogP contribution in [0.1, 0.15) is 29.0 Å². The third kappa shape index (κ3) is 2.42. The van der Waals surface area contributed by atoms with Crippen molar-refractivity contribution in [1.29, 1.82) is 0 Å². The van der Waals surface area contributed by atoms with Gasteiger partial charge in [-0.15, -0.1) is 10.2 Å². The summed E-state index contributed by atoms with van der Waals surface area (Å²) in [4.78, 5) is 11.3. The number of anilines is 1. The van der Waals surface area contributed by atoms with Gasteiger partial charge in [0.1, 0.15) is 18.2 Å². The largest absolute Gasteiger partial charge is 0.423 e. The number of benzene rings is 2. The molecule has 2 aromatic heterocycles. The van der Waals surface area contributed by atoms with Crippen molar-refractivity contribution < 1.29 is 4.42 Å². The van der Waals surface area contributed by atoms with Crippen LogP contribution < -0.4 is 4.90 Å². The Kier molecular flexibility index (Phi) is 3.41. The summed E-state index contributed by atoms with van der Waals surface area (Å²) in [6.45, 7) is 2.56. The summed E-state index contributed by atoms with van der Waals surface area (Å²) in [6.07, 6.45) is 2.42. The van der Waals surface area contributed by atoms with Crippen LogP contribution in [0.5, 0.6) is 0 Å². The SMILES string of the molecule is Cc1nnc(C2Cc3ccccc3CN2c2ncnc3ccccc23)o1. The molecule has 1 aliphatic rings. The van der Waals surface area contributed by atoms with Crippen molar-refractivity contribution in [3.8, 4) is 0 Å². The molecule has 3 heterocycles. The van der Waals surface area contributed by atoms with E-state index in [2.05, 4.69) is 55.4 Å². The van der Waals surface area contributed by atoms with Crippen LogP contribution in [0.25, 0.3) is 10.9 Å². The number of para-hydroxylation sites is 1. The van der Waals surface area contributed by atoms with Crippen molar-refractivity contribution in [2.45, 2.75) is 25.9 Å². The van der Waals surface area contributed by atoms with E-state index in [-0.39, 0.29) is 6.04 Å². The molecule has 1 atom stereocenters. The van der Waals surface area contributed by atoms with Crippen molar-refractivity contribution in [1.82, 2.24) is 20.2 Å². The van der Waals surface area contributed by atoms with Gasteiger partial charge in [0.25, 0.3) is 0 Å². The summed E-state index contributed by atoms with van der Waals surface area (Å²) < 4.78 is 5.79. The molecule has 1 unspecified atom stereocenters. The lowest BCUT2D eigenvalue weighted by Crippen LogP contribution is -2.35. The van der Waals surface area contributed by atoms with Crippen LogP contribution >= 0.6 is 0 Å². The molecule has 128 valence electrons. The van der Waals surface area contributed by atoms with E-state index < -0.39 is 0 Å². The smallest absolute Gasteiger partial charge is 0.239 e. The summed E-state index contributed by atoms with van der Waals surface area (Å²) in [5.74, 6) is 2.09. The van der Waals surface area contributed by atoms with E-state index in [0.29, 0.717) is 11.8 Å². The highest BCUT2D eigenvalue weighted by Gasteiger charge is 2.32. The fraction of sp³-hybridized carbons (Fsp3) is 0.200. The molecule has 0 radical (unpaired) electrons. The highest BCUT2D eigenvalue weighted by Crippen LogP contribution is 2.37. The van der Waals surface area contributed by atoms with Gasteiger partial charge in [0.2, 0.25) is 11.8 Å². The zero-order valence-corrected chi connectivity index (χ0v) is 14.3. The standard InChI is InChI=1S/C20H17N5O/c1-13-23-24-20(26-13)18-10-14-6-2-3-7-15(14)11-25(18)19-16-8-4-5-9-17(16)21-12-22-19/h2-9,12,18H,10-11H2,1H3. The van der Waals surface area contributed by atoms with Crippen molar-refractivity contribution >= 4 is 16.7 Å². The summed E-state index contributed by atoms with van der Waals surface area (Å²) in [5, 5.41) is 9.35. The van der Waals surface area contributed by atoms with E-state index in [1.807, 2.05) is 25.1 Å². The van der Waals surface area contributed by atoms with Crippen LogP contribution in [-0.2, 0) is 13.0 Å². The average molecular weight is 343 g/mol. The summed E-state index contributed by atoms with van der Waals surface area (Å²) in [6, 6.07) is 16.5. The fourth-order valence-electron chi connectivity index (χ4n) is 3.63. The minimum absolute atomic E-state index is 0.0515. The third-order valence-electron chi connectivity index (χ3n) is 4.87. The van der Waals surface area contributed by atoms with Crippen LogP contribution in [0.15, 0.2) is 59.3 Å². The van der Waals surface area contributed by atoms with Crippen LogP contribution in [0.2, 0.25) is 0 Å². The minimum atomic E-state index is -0.0515. The Bertz CT molecular complexity index is 1080. The quantitative estimate of drug-likeness (QED) is 0.554. The molecular formula is C20H17N5O. The topological polar surface area (TPSA) is 67.9 Å². The Morgan fingerprint density at radius 1 is 0.962 bits per heavy atom. The highest BCUT2D eigenvalue weighted by molar-refractivity contribution is 5.89. The lowest BCUT2D eigenvalue weighted by Gasteiger charge is -2.36. The van der Waals surface area contributed by atoms with E-state index in [1.54, 1.807) is 6.33 Å². The van der Waals surface area contributed by atoms with Gasteiger partial charge in [-0.3, -0.25) is 0 Å². The molecule has 0 saturated heterocycles. The molecule has 0 aliphatic carbocycles. The number of aryl methyl sites for hydroxylation is 1.